The summed E-state index contributed by atoms with van der Waals surface area (Å²) in [6.45, 7) is 1.59. The number of nitrogens with two attached hydrogens (primary N) is 2. The molecular weight excluding hydrogens is 180 g/mol. The molecule has 0 radical (unpaired) electrons. The first kappa shape index (κ1) is 9.04. The molecule has 0 spiro atoms. The molecular formula is C8H14N6. The highest BCUT2D eigenvalue weighted by Crippen LogP contribution is 2.16. The van der Waals surface area contributed by atoms with Gasteiger partial charge in [-0.1, -0.05) is 0 Å². The Morgan fingerprint density at radius 2 is 2.36 bits per heavy atom. The van der Waals surface area contributed by atoms with Crippen molar-refractivity contribution in [1.29, 1.82) is 0 Å². The number of nitrogens with one attached hydrogen (secondary N) is 2. The molecule has 1 aliphatic heterocycles. The SMILES string of the molecule is NC1=C(N(N)c2ccn[nH]2)CCNC1. The van der Waals surface area contributed by atoms with E-state index in [0.717, 1.165) is 30.2 Å². The number of aromatic nitrogens is 2. The van der Waals surface area contributed by atoms with Crippen molar-refractivity contribution >= 4 is 5.82 Å². The average Bonchev–Trinajstić information content (AvgIpc) is 2.70. The molecule has 1 aromatic rings. The van der Waals surface area contributed by atoms with Crippen LogP contribution in [0.3, 0.4) is 0 Å². The van der Waals surface area contributed by atoms with E-state index in [-0.39, 0.29) is 0 Å². The van der Waals surface area contributed by atoms with Gasteiger partial charge in [-0.3, -0.25) is 10.1 Å². The van der Waals surface area contributed by atoms with Gasteiger partial charge in [0.1, 0.15) is 5.82 Å². The molecule has 0 bridgehead atoms. The smallest absolute Gasteiger partial charge is 0.142 e. The van der Waals surface area contributed by atoms with E-state index in [2.05, 4.69) is 15.5 Å². The topological polar surface area (TPSA) is 96.0 Å². The van der Waals surface area contributed by atoms with E-state index in [1.807, 2.05) is 6.07 Å². The summed E-state index contributed by atoms with van der Waals surface area (Å²) >= 11 is 0. The summed E-state index contributed by atoms with van der Waals surface area (Å²) in [5.41, 5.74) is 7.58. The van der Waals surface area contributed by atoms with Crippen molar-refractivity contribution in [3.05, 3.63) is 23.7 Å². The van der Waals surface area contributed by atoms with Gasteiger partial charge in [0.2, 0.25) is 0 Å². The third-order valence-corrected chi connectivity index (χ3v) is 2.26. The molecule has 6 heteroatoms. The molecule has 0 saturated heterocycles. The van der Waals surface area contributed by atoms with Crippen LogP contribution in [0.4, 0.5) is 5.82 Å². The third kappa shape index (κ3) is 1.57. The fraction of sp³-hybridized carbons (Fsp3) is 0.375. The third-order valence-electron chi connectivity index (χ3n) is 2.26. The fourth-order valence-electron chi connectivity index (χ4n) is 1.50. The van der Waals surface area contributed by atoms with E-state index in [1.54, 1.807) is 11.2 Å². The van der Waals surface area contributed by atoms with Gasteiger partial charge in [0.25, 0.3) is 0 Å². The number of rotatable bonds is 2. The predicted octanol–water partition coefficient (Wildman–Crippen LogP) is -0.747. The Bertz CT molecular complexity index is 328. The van der Waals surface area contributed by atoms with Gasteiger partial charge in [-0.25, -0.2) is 5.84 Å². The van der Waals surface area contributed by atoms with Crippen LogP contribution >= 0.6 is 0 Å². The maximum absolute atomic E-state index is 5.90. The van der Waals surface area contributed by atoms with Crippen molar-refractivity contribution in [1.82, 2.24) is 15.5 Å². The summed E-state index contributed by atoms with van der Waals surface area (Å²) in [6, 6.07) is 1.81. The minimum Gasteiger partial charge on any atom is -0.400 e. The van der Waals surface area contributed by atoms with Crippen LogP contribution in [0.5, 0.6) is 0 Å². The molecule has 1 aliphatic rings. The summed E-state index contributed by atoms with van der Waals surface area (Å²) in [7, 11) is 0. The molecule has 6 N–H and O–H groups in total. The first-order valence-electron chi connectivity index (χ1n) is 4.51. The number of anilines is 1. The van der Waals surface area contributed by atoms with E-state index >= 15 is 0 Å². The van der Waals surface area contributed by atoms with E-state index in [9.17, 15) is 0 Å². The molecule has 0 aliphatic carbocycles. The Kier molecular flexibility index (Phi) is 2.38. The molecule has 2 heterocycles. The van der Waals surface area contributed by atoms with Gasteiger partial charge in [-0.2, -0.15) is 5.10 Å². The first-order chi connectivity index (χ1) is 6.79. The average molecular weight is 194 g/mol. The maximum atomic E-state index is 5.90. The van der Waals surface area contributed by atoms with Crippen molar-refractivity contribution in [2.24, 2.45) is 11.6 Å². The standard InChI is InChI=1S/C8H14N6/c9-6-5-11-3-1-7(6)14(10)8-2-4-12-13-8/h2,4,11H,1,3,5,9-10H2,(H,12,13). The Balaban J connectivity index is 2.22. The van der Waals surface area contributed by atoms with Gasteiger partial charge in [-0.05, 0) is 0 Å². The lowest BCUT2D eigenvalue weighted by atomic mass is 10.2. The van der Waals surface area contributed by atoms with Crippen LogP contribution in [0.2, 0.25) is 0 Å². The molecule has 1 aromatic heterocycles. The van der Waals surface area contributed by atoms with Crippen molar-refractivity contribution in [3.63, 3.8) is 0 Å². The highest BCUT2D eigenvalue weighted by Gasteiger charge is 2.15. The summed E-state index contributed by atoms with van der Waals surface area (Å²) in [4.78, 5) is 0. The first-order valence-corrected chi connectivity index (χ1v) is 4.51. The quantitative estimate of drug-likeness (QED) is 0.367. The maximum Gasteiger partial charge on any atom is 0.142 e. The van der Waals surface area contributed by atoms with Crippen LogP contribution in [-0.4, -0.2) is 23.3 Å². The van der Waals surface area contributed by atoms with Gasteiger partial charge < -0.3 is 11.1 Å². The zero-order valence-electron chi connectivity index (χ0n) is 7.83. The zero-order chi connectivity index (χ0) is 9.97. The van der Waals surface area contributed by atoms with Crippen LogP contribution in [-0.2, 0) is 0 Å². The van der Waals surface area contributed by atoms with Crippen molar-refractivity contribution < 1.29 is 0 Å². The van der Waals surface area contributed by atoms with Gasteiger partial charge in [0, 0.05) is 31.3 Å². The monoisotopic (exact) mass is 194 g/mol. The molecule has 0 fully saturated rings. The van der Waals surface area contributed by atoms with Crippen molar-refractivity contribution in [2.45, 2.75) is 6.42 Å². The number of hydrazine groups is 1. The Morgan fingerprint density at radius 3 is 3.00 bits per heavy atom. The second-order valence-corrected chi connectivity index (χ2v) is 3.21. The molecule has 0 aromatic carbocycles. The van der Waals surface area contributed by atoms with Gasteiger partial charge in [-0.15, -0.1) is 0 Å². The largest absolute Gasteiger partial charge is 0.400 e. The Morgan fingerprint density at radius 1 is 1.50 bits per heavy atom. The predicted molar refractivity (Wildman–Crippen MR) is 54.0 cm³/mol. The zero-order valence-corrected chi connectivity index (χ0v) is 7.83. The van der Waals surface area contributed by atoms with E-state index in [0.29, 0.717) is 6.54 Å². The van der Waals surface area contributed by atoms with E-state index in [1.165, 1.54) is 0 Å². The normalized spacial score (nSPS) is 17.2. The van der Waals surface area contributed by atoms with Crippen LogP contribution in [0.1, 0.15) is 6.42 Å². The minimum absolute atomic E-state index is 0.692. The number of nitrogens with zero attached hydrogens (tertiary/aromatic N) is 2. The van der Waals surface area contributed by atoms with Crippen molar-refractivity contribution in [2.75, 3.05) is 18.1 Å². The van der Waals surface area contributed by atoms with Crippen LogP contribution < -0.4 is 21.9 Å². The second kappa shape index (κ2) is 3.69. The fourth-order valence-corrected chi connectivity index (χ4v) is 1.50. The Labute approximate surface area is 81.9 Å². The van der Waals surface area contributed by atoms with Gasteiger partial charge in [0.05, 0.1) is 11.9 Å². The van der Waals surface area contributed by atoms with Crippen molar-refractivity contribution in [3.8, 4) is 0 Å². The lowest BCUT2D eigenvalue weighted by Gasteiger charge is -2.25. The van der Waals surface area contributed by atoms with Gasteiger partial charge >= 0.3 is 0 Å². The lowest BCUT2D eigenvalue weighted by Crippen LogP contribution is -2.39. The molecule has 0 amide bonds. The van der Waals surface area contributed by atoms with Crippen LogP contribution in [0.25, 0.3) is 0 Å². The van der Waals surface area contributed by atoms with E-state index in [4.69, 9.17) is 11.6 Å². The number of aromatic amines is 1. The number of hydrogen-bond acceptors (Lipinski definition) is 5. The summed E-state index contributed by atoms with van der Waals surface area (Å²) in [5, 5.41) is 11.4. The number of hydrogen-bond donors (Lipinski definition) is 4. The molecule has 0 unspecified atom stereocenters. The molecule has 76 valence electrons. The summed E-state index contributed by atoms with van der Waals surface area (Å²) < 4.78 is 0. The molecule has 2 rings (SSSR count). The van der Waals surface area contributed by atoms with Crippen LogP contribution in [0.15, 0.2) is 23.7 Å². The van der Waals surface area contributed by atoms with E-state index < -0.39 is 0 Å². The molecule has 0 atom stereocenters. The lowest BCUT2D eigenvalue weighted by molar-refractivity contribution is 0.649. The Hall–Kier alpha value is -1.53. The second-order valence-electron chi connectivity index (χ2n) is 3.21. The minimum atomic E-state index is 0.692. The summed E-state index contributed by atoms with van der Waals surface area (Å²) in [6.07, 6.45) is 2.49. The van der Waals surface area contributed by atoms with Gasteiger partial charge in [0.15, 0.2) is 0 Å². The number of H-pyrrole nitrogens is 1. The molecule has 0 saturated carbocycles. The summed E-state index contributed by atoms with van der Waals surface area (Å²) in [5.74, 6) is 6.66. The highest BCUT2D eigenvalue weighted by atomic mass is 15.5. The van der Waals surface area contributed by atoms with Crippen LogP contribution in [0, 0.1) is 0 Å². The molecule has 6 nitrogen and oxygen atoms in total. The highest BCUT2D eigenvalue weighted by molar-refractivity contribution is 5.44. The molecule has 14 heavy (non-hydrogen) atoms.